The summed E-state index contributed by atoms with van der Waals surface area (Å²) in [6, 6.07) is 8.31. The quantitative estimate of drug-likeness (QED) is 0.822. The SMILES string of the molecule is NC1(Cc2ccccc2N2CCNC(=O)C2)CC1. The molecule has 0 radical (unpaired) electrons. The standard InChI is InChI=1S/C14H19N3O/c15-14(5-6-14)9-11-3-1-2-4-12(11)17-8-7-16-13(18)10-17/h1-4H,5-10,15H2,(H,16,18). The van der Waals surface area contributed by atoms with Gasteiger partial charge in [-0.05, 0) is 30.9 Å². The third-order valence-corrected chi connectivity index (χ3v) is 3.81. The first-order valence-corrected chi connectivity index (χ1v) is 6.55. The summed E-state index contributed by atoms with van der Waals surface area (Å²) in [6.07, 6.45) is 3.14. The smallest absolute Gasteiger partial charge is 0.239 e. The molecule has 0 atom stereocenters. The highest BCUT2D eigenvalue weighted by Crippen LogP contribution is 2.37. The average Bonchev–Trinajstić information content (AvgIpc) is 3.07. The van der Waals surface area contributed by atoms with E-state index in [2.05, 4.69) is 28.4 Å². The Bertz CT molecular complexity index is 468. The zero-order valence-electron chi connectivity index (χ0n) is 10.5. The fourth-order valence-corrected chi connectivity index (χ4v) is 2.53. The summed E-state index contributed by atoms with van der Waals surface area (Å²) in [5.74, 6) is 0.102. The Hall–Kier alpha value is -1.55. The number of rotatable bonds is 3. The number of benzene rings is 1. The third kappa shape index (κ3) is 2.34. The highest BCUT2D eigenvalue weighted by atomic mass is 16.2. The minimum absolute atomic E-state index is 0.00808. The summed E-state index contributed by atoms with van der Waals surface area (Å²) in [5, 5.41) is 2.86. The van der Waals surface area contributed by atoms with Crippen molar-refractivity contribution in [2.45, 2.75) is 24.8 Å². The minimum atomic E-state index is 0.00808. The zero-order chi connectivity index (χ0) is 12.6. The number of nitrogens with one attached hydrogen (secondary N) is 1. The summed E-state index contributed by atoms with van der Waals surface area (Å²) >= 11 is 0. The maximum Gasteiger partial charge on any atom is 0.239 e. The van der Waals surface area contributed by atoms with Crippen molar-refractivity contribution in [1.29, 1.82) is 0 Å². The molecule has 0 bridgehead atoms. The van der Waals surface area contributed by atoms with Crippen molar-refractivity contribution in [2.75, 3.05) is 24.5 Å². The van der Waals surface area contributed by atoms with Crippen molar-refractivity contribution in [2.24, 2.45) is 5.73 Å². The van der Waals surface area contributed by atoms with Gasteiger partial charge in [0, 0.05) is 24.3 Å². The van der Waals surface area contributed by atoms with E-state index in [-0.39, 0.29) is 11.4 Å². The molecular weight excluding hydrogens is 226 g/mol. The molecule has 1 amide bonds. The van der Waals surface area contributed by atoms with Crippen LogP contribution in [0.25, 0.3) is 0 Å². The number of para-hydroxylation sites is 1. The number of hydrogen-bond donors (Lipinski definition) is 2. The van der Waals surface area contributed by atoms with Gasteiger partial charge in [-0.1, -0.05) is 18.2 Å². The van der Waals surface area contributed by atoms with Crippen LogP contribution in [0.1, 0.15) is 18.4 Å². The number of nitrogens with two attached hydrogens (primary N) is 1. The van der Waals surface area contributed by atoms with Crippen LogP contribution in [0.15, 0.2) is 24.3 Å². The maximum atomic E-state index is 11.5. The van der Waals surface area contributed by atoms with Crippen LogP contribution in [0.4, 0.5) is 5.69 Å². The predicted molar refractivity (Wildman–Crippen MR) is 71.5 cm³/mol. The lowest BCUT2D eigenvalue weighted by Gasteiger charge is -2.30. The molecule has 18 heavy (non-hydrogen) atoms. The van der Waals surface area contributed by atoms with E-state index in [1.807, 2.05) is 6.07 Å². The lowest BCUT2D eigenvalue weighted by atomic mass is 10.0. The van der Waals surface area contributed by atoms with Crippen LogP contribution in [-0.4, -0.2) is 31.1 Å². The lowest BCUT2D eigenvalue weighted by molar-refractivity contribution is -0.120. The molecule has 1 aliphatic heterocycles. The Kier molecular flexibility index (Phi) is 2.74. The second-order valence-electron chi connectivity index (χ2n) is 5.44. The number of nitrogens with zero attached hydrogens (tertiary/aromatic N) is 1. The van der Waals surface area contributed by atoms with E-state index >= 15 is 0 Å². The first-order chi connectivity index (χ1) is 8.66. The Morgan fingerprint density at radius 1 is 1.33 bits per heavy atom. The second-order valence-corrected chi connectivity index (χ2v) is 5.44. The number of anilines is 1. The van der Waals surface area contributed by atoms with E-state index in [0.29, 0.717) is 6.54 Å². The first-order valence-electron chi connectivity index (χ1n) is 6.55. The van der Waals surface area contributed by atoms with E-state index in [1.54, 1.807) is 0 Å². The largest absolute Gasteiger partial charge is 0.360 e. The molecule has 3 N–H and O–H groups in total. The van der Waals surface area contributed by atoms with Gasteiger partial charge in [0.1, 0.15) is 0 Å². The Morgan fingerprint density at radius 2 is 2.11 bits per heavy atom. The van der Waals surface area contributed by atoms with Crippen molar-refractivity contribution in [3.05, 3.63) is 29.8 Å². The molecule has 4 nitrogen and oxygen atoms in total. The van der Waals surface area contributed by atoms with Gasteiger partial charge in [-0.3, -0.25) is 4.79 Å². The molecule has 1 aliphatic carbocycles. The van der Waals surface area contributed by atoms with Crippen LogP contribution in [0.2, 0.25) is 0 Å². The Morgan fingerprint density at radius 3 is 2.83 bits per heavy atom. The minimum Gasteiger partial charge on any atom is -0.360 e. The molecule has 0 unspecified atom stereocenters. The van der Waals surface area contributed by atoms with Crippen LogP contribution in [0.3, 0.4) is 0 Å². The topological polar surface area (TPSA) is 58.4 Å². The molecule has 3 rings (SSSR count). The monoisotopic (exact) mass is 245 g/mol. The zero-order valence-corrected chi connectivity index (χ0v) is 10.5. The van der Waals surface area contributed by atoms with E-state index in [1.165, 1.54) is 11.3 Å². The van der Waals surface area contributed by atoms with Crippen molar-refractivity contribution in [3.8, 4) is 0 Å². The molecule has 1 heterocycles. The molecule has 96 valence electrons. The summed E-state index contributed by atoms with van der Waals surface area (Å²) < 4.78 is 0. The van der Waals surface area contributed by atoms with Gasteiger partial charge in [-0.2, -0.15) is 0 Å². The maximum absolute atomic E-state index is 11.5. The Balaban J connectivity index is 1.83. The van der Waals surface area contributed by atoms with Gasteiger partial charge in [0.15, 0.2) is 0 Å². The molecule has 2 aliphatic rings. The molecule has 1 saturated heterocycles. The molecule has 2 fully saturated rings. The third-order valence-electron chi connectivity index (χ3n) is 3.81. The van der Waals surface area contributed by atoms with Crippen molar-refractivity contribution in [3.63, 3.8) is 0 Å². The first kappa shape index (κ1) is 11.5. The highest BCUT2D eigenvalue weighted by molar-refractivity contribution is 5.83. The molecule has 1 aromatic carbocycles. The number of carbonyl (C=O) groups is 1. The molecule has 0 spiro atoms. The van der Waals surface area contributed by atoms with Gasteiger partial charge >= 0.3 is 0 Å². The average molecular weight is 245 g/mol. The fraction of sp³-hybridized carbons (Fsp3) is 0.500. The van der Waals surface area contributed by atoms with E-state index < -0.39 is 0 Å². The number of carbonyl (C=O) groups excluding carboxylic acids is 1. The lowest BCUT2D eigenvalue weighted by Crippen LogP contribution is -2.48. The molecular formula is C14H19N3O. The molecule has 1 aromatic rings. The number of amides is 1. The molecule has 4 heteroatoms. The molecule has 1 saturated carbocycles. The summed E-state index contributed by atoms with van der Waals surface area (Å²) in [6.45, 7) is 2.05. The van der Waals surface area contributed by atoms with Gasteiger partial charge in [0.2, 0.25) is 5.91 Å². The van der Waals surface area contributed by atoms with Crippen LogP contribution < -0.4 is 16.0 Å². The van der Waals surface area contributed by atoms with Crippen LogP contribution in [0.5, 0.6) is 0 Å². The van der Waals surface area contributed by atoms with E-state index in [9.17, 15) is 4.79 Å². The normalized spacial score (nSPS) is 21.6. The van der Waals surface area contributed by atoms with Crippen molar-refractivity contribution >= 4 is 11.6 Å². The van der Waals surface area contributed by atoms with Crippen LogP contribution in [0, 0.1) is 0 Å². The predicted octanol–water partition coefficient (Wildman–Crippen LogP) is 0.657. The fourth-order valence-electron chi connectivity index (χ4n) is 2.53. The van der Waals surface area contributed by atoms with Gasteiger partial charge in [0.05, 0.1) is 6.54 Å². The van der Waals surface area contributed by atoms with E-state index in [0.717, 1.165) is 32.4 Å². The van der Waals surface area contributed by atoms with Gasteiger partial charge in [-0.25, -0.2) is 0 Å². The summed E-state index contributed by atoms with van der Waals surface area (Å²) in [5.41, 5.74) is 8.66. The van der Waals surface area contributed by atoms with Crippen LogP contribution in [-0.2, 0) is 11.2 Å². The number of hydrogen-bond acceptors (Lipinski definition) is 3. The highest BCUT2D eigenvalue weighted by Gasteiger charge is 2.38. The van der Waals surface area contributed by atoms with E-state index in [4.69, 9.17) is 5.73 Å². The van der Waals surface area contributed by atoms with Gasteiger partial charge < -0.3 is 16.0 Å². The van der Waals surface area contributed by atoms with Crippen molar-refractivity contribution in [1.82, 2.24) is 5.32 Å². The van der Waals surface area contributed by atoms with Crippen molar-refractivity contribution < 1.29 is 4.79 Å². The van der Waals surface area contributed by atoms with Crippen LogP contribution >= 0.6 is 0 Å². The second kappa shape index (κ2) is 4.28. The summed E-state index contributed by atoms with van der Waals surface area (Å²) in [4.78, 5) is 13.6. The van der Waals surface area contributed by atoms with Gasteiger partial charge in [0.25, 0.3) is 0 Å². The molecule has 0 aromatic heterocycles. The summed E-state index contributed by atoms with van der Waals surface area (Å²) in [7, 11) is 0. The van der Waals surface area contributed by atoms with Gasteiger partial charge in [-0.15, -0.1) is 0 Å². The number of piperazine rings is 1. The Labute approximate surface area is 107 Å².